The molecule has 4 nitrogen and oxygen atoms in total. The summed E-state index contributed by atoms with van der Waals surface area (Å²) in [6, 6.07) is 12.0. The van der Waals surface area contributed by atoms with E-state index in [0.29, 0.717) is 25.2 Å². The summed E-state index contributed by atoms with van der Waals surface area (Å²) in [4.78, 5) is 21.3. The van der Waals surface area contributed by atoms with Gasteiger partial charge in [0.1, 0.15) is 11.6 Å². The van der Waals surface area contributed by atoms with E-state index in [1.165, 1.54) is 36.4 Å². The number of nitrogens with zero attached hydrogens (tertiary/aromatic N) is 3. The second kappa shape index (κ2) is 8.06. The molecule has 0 saturated carbocycles. The van der Waals surface area contributed by atoms with Crippen molar-refractivity contribution < 1.29 is 13.6 Å². The number of carbonyl (C=O) groups excluding carboxylic acids is 1. The van der Waals surface area contributed by atoms with Crippen LogP contribution in [0.3, 0.4) is 0 Å². The maximum atomic E-state index is 13.1. The lowest BCUT2D eigenvalue weighted by Crippen LogP contribution is -2.35. The summed E-state index contributed by atoms with van der Waals surface area (Å²) >= 11 is 1.55. The van der Waals surface area contributed by atoms with E-state index >= 15 is 0 Å². The van der Waals surface area contributed by atoms with Crippen LogP contribution < -0.4 is 4.90 Å². The number of anilines is 1. The molecule has 0 N–H and O–H groups in total. The van der Waals surface area contributed by atoms with E-state index in [1.807, 2.05) is 10.3 Å². The van der Waals surface area contributed by atoms with Crippen molar-refractivity contribution >= 4 is 22.4 Å². The van der Waals surface area contributed by atoms with Crippen LogP contribution in [0.1, 0.15) is 16.8 Å². The van der Waals surface area contributed by atoms with Crippen LogP contribution in [-0.4, -0.2) is 42.0 Å². The summed E-state index contributed by atoms with van der Waals surface area (Å²) in [5.41, 5.74) is 2.21. The number of aromatic nitrogens is 1. The molecule has 0 radical (unpaired) electrons. The van der Waals surface area contributed by atoms with Gasteiger partial charge in [0, 0.05) is 42.7 Å². The Morgan fingerprint density at radius 2 is 1.57 bits per heavy atom. The molecule has 1 aliphatic rings. The van der Waals surface area contributed by atoms with Crippen molar-refractivity contribution in [3.63, 3.8) is 0 Å². The van der Waals surface area contributed by atoms with Gasteiger partial charge < -0.3 is 9.80 Å². The van der Waals surface area contributed by atoms with Gasteiger partial charge in [0.2, 0.25) is 0 Å². The molecule has 0 unspecified atom stereocenters. The van der Waals surface area contributed by atoms with Crippen LogP contribution in [0.15, 0.2) is 53.9 Å². The molecule has 2 heterocycles. The van der Waals surface area contributed by atoms with Crippen LogP contribution in [0.25, 0.3) is 11.3 Å². The molecule has 1 aromatic heterocycles. The van der Waals surface area contributed by atoms with Crippen molar-refractivity contribution in [2.45, 2.75) is 6.42 Å². The summed E-state index contributed by atoms with van der Waals surface area (Å²) in [5, 5.41) is 2.87. The van der Waals surface area contributed by atoms with E-state index in [-0.39, 0.29) is 17.5 Å². The number of hydrogen-bond acceptors (Lipinski definition) is 4. The smallest absolute Gasteiger partial charge is 0.253 e. The molecule has 2 aromatic carbocycles. The Labute approximate surface area is 166 Å². The fourth-order valence-corrected chi connectivity index (χ4v) is 4.14. The van der Waals surface area contributed by atoms with Crippen LogP contribution >= 0.6 is 11.3 Å². The number of thiazole rings is 1. The molecule has 1 amide bonds. The Morgan fingerprint density at radius 3 is 2.29 bits per heavy atom. The normalized spacial score (nSPS) is 14.8. The first-order valence-electron chi connectivity index (χ1n) is 9.11. The number of hydrogen-bond donors (Lipinski definition) is 0. The molecule has 3 aromatic rings. The van der Waals surface area contributed by atoms with Gasteiger partial charge in [-0.25, -0.2) is 13.8 Å². The van der Waals surface area contributed by atoms with Crippen LogP contribution in [0.5, 0.6) is 0 Å². The van der Waals surface area contributed by atoms with Crippen molar-refractivity contribution in [3.05, 3.63) is 71.1 Å². The predicted octanol–water partition coefficient (Wildman–Crippen LogP) is 4.44. The molecular formula is C21H19F2N3OS. The van der Waals surface area contributed by atoms with Crippen LogP contribution in [-0.2, 0) is 0 Å². The minimum atomic E-state index is -0.348. The van der Waals surface area contributed by atoms with Gasteiger partial charge in [0.05, 0.1) is 5.69 Å². The van der Waals surface area contributed by atoms with Gasteiger partial charge in [-0.1, -0.05) is 0 Å². The summed E-state index contributed by atoms with van der Waals surface area (Å²) < 4.78 is 26.2. The minimum absolute atomic E-state index is 0.0759. The van der Waals surface area contributed by atoms with Gasteiger partial charge in [-0.05, 0) is 55.0 Å². The highest BCUT2D eigenvalue weighted by atomic mass is 32.1. The quantitative estimate of drug-likeness (QED) is 0.653. The van der Waals surface area contributed by atoms with E-state index in [9.17, 15) is 13.6 Å². The maximum Gasteiger partial charge on any atom is 0.253 e. The second-order valence-corrected chi connectivity index (χ2v) is 7.50. The Kier molecular flexibility index (Phi) is 5.34. The number of benzene rings is 2. The van der Waals surface area contributed by atoms with Crippen molar-refractivity contribution in [1.29, 1.82) is 0 Å². The van der Waals surface area contributed by atoms with Gasteiger partial charge in [0.15, 0.2) is 5.13 Å². The average molecular weight is 399 g/mol. The topological polar surface area (TPSA) is 36.4 Å². The molecule has 1 aliphatic heterocycles. The number of halogens is 2. The molecule has 1 saturated heterocycles. The summed E-state index contributed by atoms with van der Waals surface area (Å²) in [5.74, 6) is -0.690. The summed E-state index contributed by atoms with van der Waals surface area (Å²) in [6.45, 7) is 2.73. The third-order valence-corrected chi connectivity index (χ3v) is 5.68. The van der Waals surface area contributed by atoms with E-state index in [1.54, 1.807) is 23.5 Å². The zero-order valence-corrected chi connectivity index (χ0v) is 16.0. The molecule has 0 aliphatic carbocycles. The molecular weight excluding hydrogens is 380 g/mol. The highest BCUT2D eigenvalue weighted by Gasteiger charge is 2.22. The third-order valence-electron chi connectivity index (χ3n) is 4.78. The molecule has 144 valence electrons. The van der Waals surface area contributed by atoms with E-state index < -0.39 is 0 Å². The highest BCUT2D eigenvalue weighted by molar-refractivity contribution is 7.14. The molecule has 0 bridgehead atoms. The maximum absolute atomic E-state index is 13.1. The fraction of sp³-hybridized carbons (Fsp3) is 0.238. The van der Waals surface area contributed by atoms with Crippen LogP contribution in [0.4, 0.5) is 13.9 Å². The zero-order valence-electron chi connectivity index (χ0n) is 15.1. The Bertz CT molecular complexity index is 957. The van der Waals surface area contributed by atoms with Crippen molar-refractivity contribution in [1.82, 2.24) is 9.88 Å². The lowest BCUT2D eigenvalue weighted by atomic mass is 10.2. The molecule has 7 heteroatoms. The molecule has 28 heavy (non-hydrogen) atoms. The Morgan fingerprint density at radius 1 is 0.893 bits per heavy atom. The summed E-state index contributed by atoms with van der Waals surface area (Å²) in [6.07, 6.45) is 0.832. The minimum Gasteiger partial charge on any atom is -0.346 e. The second-order valence-electron chi connectivity index (χ2n) is 6.66. The number of rotatable bonds is 3. The third kappa shape index (κ3) is 4.04. The predicted molar refractivity (Wildman–Crippen MR) is 107 cm³/mol. The van der Waals surface area contributed by atoms with Crippen molar-refractivity contribution in [2.75, 3.05) is 31.1 Å². The van der Waals surface area contributed by atoms with Gasteiger partial charge in [0.25, 0.3) is 5.91 Å². The number of amides is 1. The lowest BCUT2D eigenvalue weighted by molar-refractivity contribution is 0.0767. The van der Waals surface area contributed by atoms with Crippen molar-refractivity contribution in [2.24, 2.45) is 0 Å². The highest BCUT2D eigenvalue weighted by Crippen LogP contribution is 2.28. The monoisotopic (exact) mass is 399 g/mol. The summed E-state index contributed by atoms with van der Waals surface area (Å²) in [7, 11) is 0. The van der Waals surface area contributed by atoms with Gasteiger partial charge in [-0.2, -0.15) is 0 Å². The zero-order chi connectivity index (χ0) is 19.5. The van der Waals surface area contributed by atoms with E-state index in [0.717, 1.165) is 29.4 Å². The molecule has 0 spiro atoms. The first-order valence-corrected chi connectivity index (χ1v) is 9.99. The molecule has 4 rings (SSSR count). The lowest BCUT2D eigenvalue weighted by Gasteiger charge is -2.21. The first kappa shape index (κ1) is 18.6. The number of carbonyl (C=O) groups is 1. The first-order chi connectivity index (χ1) is 13.6. The van der Waals surface area contributed by atoms with Gasteiger partial charge in [-0.15, -0.1) is 11.3 Å². The molecule has 1 fully saturated rings. The Hall–Kier alpha value is -2.80. The largest absolute Gasteiger partial charge is 0.346 e. The average Bonchev–Trinajstić information content (AvgIpc) is 3.06. The van der Waals surface area contributed by atoms with E-state index in [2.05, 4.69) is 4.90 Å². The van der Waals surface area contributed by atoms with Crippen LogP contribution in [0.2, 0.25) is 0 Å². The van der Waals surface area contributed by atoms with Crippen molar-refractivity contribution in [3.8, 4) is 11.3 Å². The fourth-order valence-electron chi connectivity index (χ4n) is 3.25. The van der Waals surface area contributed by atoms with Crippen LogP contribution in [0, 0.1) is 11.6 Å². The Balaban J connectivity index is 1.43. The van der Waals surface area contributed by atoms with Gasteiger partial charge >= 0.3 is 0 Å². The molecule has 0 atom stereocenters. The SMILES string of the molecule is O=C(c1ccc(F)cc1)N1CCCN(c2nc(-c3ccc(F)cc3)cs2)CC1. The standard InChI is InChI=1S/C21H19F2N3OS/c22-17-6-2-15(3-7-17)19-14-28-21(24-19)26-11-1-10-25(12-13-26)20(27)16-4-8-18(23)9-5-16/h2-9,14H,1,10-13H2. The van der Waals surface area contributed by atoms with E-state index in [4.69, 9.17) is 4.98 Å². The van der Waals surface area contributed by atoms with Gasteiger partial charge in [-0.3, -0.25) is 4.79 Å².